The number of aromatic nitrogens is 4. The highest BCUT2D eigenvalue weighted by molar-refractivity contribution is 7.14. The molecule has 0 aliphatic rings. The van der Waals surface area contributed by atoms with Crippen LogP contribution in [0.2, 0.25) is 0 Å². The van der Waals surface area contributed by atoms with Crippen molar-refractivity contribution in [3.8, 4) is 11.3 Å². The van der Waals surface area contributed by atoms with E-state index in [0.717, 1.165) is 16.8 Å². The topological polar surface area (TPSA) is 89.8 Å². The summed E-state index contributed by atoms with van der Waals surface area (Å²) in [4.78, 5) is 37.7. The number of hydrogen-bond donors (Lipinski definition) is 1. The van der Waals surface area contributed by atoms with Gasteiger partial charge in [-0.15, -0.1) is 11.3 Å². The van der Waals surface area contributed by atoms with Crippen molar-refractivity contribution >= 4 is 33.3 Å². The fourth-order valence-electron chi connectivity index (χ4n) is 2.74. The van der Waals surface area contributed by atoms with E-state index in [-0.39, 0.29) is 18.0 Å². The summed E-state index contributed by atoms with van der Waals surface area (Å²) < 4.78 is 1.30. The number of amides is 1. The van der Waals surface area contributed by atoms with Crippen LogP contribution < -0.4 is 10.9 Å². The molecule has 0 radical (unpaired) electrons. The number of nitrogens with one attached hydrogen (secondary N) is 1. The lowest BCUT2D eigenvalue weighted by atomic mass is 10.1. The van der Waals surface area contributed by atoms with Gasteiger partial charge in [0.05, 0.1) is 22.9 Å². The Bertz CT molecular complexity index is 1180. The van der Waals surface area contributed by atoms with Crippen LogP contribution in [0.1, 0.15) is 5.56 Å². The number of nitrogens with zero attached hydrogens (tertiary/aromatic N) is 4. The molecular weight excluding hydrogens is 362 g/mol. The van der Waals surface area contributed by atoms with Crippen molar-refractivity contribution in [1.82, 2.24) is 19.5 Å². The highest BCUT2D eigenvalue weighted by atomic mass is 32.1. The maximum atomic E-state index is 12.6. The average molecular weight is 377 g/mol. The van der Waals surface area contributed by atoms with E-state index in [1.54, 1.807) is 24.5 Å². The number of carbonyl (C=O) groups excluding carboxylic acids is 1. The molecular formula is C19H15N5O2S. The predicted octanol–water partition coefficient (Wildman–Crippen LogP) is 2.86. The Balaban J connectivity index is 1.52. The van der Waals surface area contributed by atoms with Crippen LogP contribution in [0.25, 0.3) is 22.2 Å². The lowest BCUT2D eigenvalue weighted by Crippen LogP contribution is -2.28. The second-order valence-electron chi connectivity index (χ2n) is 5.98. The molecule has 0 atom stereocenters. The van der Waals surface area contributed by atoms with Gasteiger partial charge in [-0.05, 0) is 30.7 Å². The van der Waals surface area contributed by atoms with Crippen molar-refractivity contribution in [3.63, 3.8) is 0 Å². The van der Waals surface area contributed by atoms with E-state index in [2.05, 4.69) is 20.3 Å². The SMILES string of the molecule is Cc1cccc2c(=O)n(CC(=O)Nc3nc(-c4cccnc4)cs3)cnc12. The Morgan fingerprint density at radius 1 is 1.26 bits per heavy atom. The molecule has 0 aliphatic heterocycles. The summed E-state index contributed by atoms with van der Waals surface area (Å²) in [5, 5.41) is 5.54. The number of hydrogen-bond acceptors (Lipinski definition) is 6. The molecule has 0 spiro atoms. The molecule has 4 aromatic rings. The standard InChI is InChI=1S/C19H15N5O2S/c1-12-4-2-6-14-17(12)21-11-24(18(14)26)9-16(25)23-19-22-15(10-27-19)13-5-3-7-20-8-13/h2-8,10-11H,9H2,1H3,(H,22,23,25). The van der Waals surface area contributed by atoms with Crippen LogP contribution in [0, 0.1) is 6.92 Å². The van der Waals surface area contributed by atoms with Gasteiger partial charge in [0.2, 0.25) is 5.91 Å². The third-order valence-electron chi connectivity index (χ3n) is 4.08. The second kappa shape index (κ2) is 7.08. The average Bonchev–Trinajstić information content (AvgIpc) is 3.14. The molecule has 4 rings (SSSR count). The Morgan fingerprint density at radius 3 is 2.96 bits per heavy atom. The van der Waals surface area contributed by atoms with Crippen LogP contribution in [0.5, 0.6) is 0 Å². The van der Waals surface area contributed by atoms with Crippen LogP contribution in [-0.4, -0.2) is 25.4 Å². The van der Waals surface area contributed by atoms with Crippen LogP contribution in [0.3, 0.4) is 0 Å². The zero-order valence-corrected chi connectivity index (χ0v) is 15.2. The first-order chi connectivity index (χ1) is 13.1. The molecule has 0 saturated carbocycles. The van der Waals surface area contributed by atoms with Gasteiger partial charge in [0.25, 0.3) is 5.56 Å². The summed E-state index contributed by atoms with van der Waals surface area (Å²) in [5.41, 5.74) is 2.95. The number of carbonyl (C=O) groups is 1. The number of fused-ring (bicyclic) bond motifs is 1. The van der Waals surface area contributed by atoms with Crippen molar-refractivity contribution in [2.75, 3.05) is 5.32 Å². The van der Waals surface area contributed by atoms with E-state index in [0.29, 0.717) is 16.0 Å². The molecule has 27 heavy (non-hydrogen) atoms. The first-order valence-electron chi connectivity index (χ1n) is 8.22. The van der Waals surface area contributed by atoms with Crippen molar-refractivity contribution in [3.05, 3.63) is 70.4 Å². The molecule has 1 amide bonds. The number of pyridine rings is 1. The Morgan fingerprint density at radius 2 is 2.15 bits per heavy atom. The zero-order valence-electron chi connectivity index (χ0n) is 14.4. The van der Waals surface area contributed by atoms with Crippen LogP contribution in [0.15, 0.2) is 59.2 Å². The molecule has 0 fully saturated rings. The van der Waals surface area contributed by atoms with Gasteiger partial charge >= 0.3 is 0 Å². The maximum Gasteiger partial charge on any atom is 0.261 e. The third-order valence-corrected chi connectivity index (χ3v) is 4.83. The normalized spacial score (nSPS) is 10.9. The van der Waals surface area contributed by atoms with Gasteiger partial charge < -0.3 is 5.32 Å². The zero-order chi connectivity index (χ0) is 18.8. The van der Waals surface area contributed by atoms with Gasteiger partial charge in [-0.1, -0.05) is 12.1 Å². The molecule has 0 unspecified atom stereocenters. The van der Waals surface area contributed by atoms with E-state index in [9.17, 15) is 9.59 Å². The molecule has 0 saturated heterocycles. The number of thiazole rings is 1. The Hall–Kier alpha value is -3.39. The van der Waals surface area contributed by atoms with Crippen molar-refractivity contribution in [1.29, 1.82) is 0 Å². The molecule has 134 valence electrons. The maximum absolute atomic E-state index is 12.6. The van der Waals surface area contributed by atoms with E-state index in [1.807, 2.05) is 30.5 Å². The first-order valence-corrected chi connectivity index (χ1v) is 9.10. The van der Waals surface area contributed by atoms with E-state index in [1.165, 1.54) is 22.2 Å². The quantitative estimate of drug-likeness (QED) is 0.591. The van der Waals surface area contributed by atoms with Crippen LogP contribution >= 0.6 is 11.3 Å². The first kappa shape index (κ1) is 17.0. The van der Waals surface area contributed by atoms with Crippen LogP contribution in [-0.2, 0) is 11.3 Å². The summed E-state index contributed by atoms with van der Waals surface area (Å²) in [5.74, 6) is -0.335. The van der Waals surface area contributed by atoms with Crippen molar-refractivity contribution in [2.45, 2.75) is 13.5 Å². The third kappa shape index (κ3) is 3.47. The van der Waals surface area contributed by atoms with Gasteiger partial charge in [0.1, 0.15) is 6.54 Å². The van der Waals surface area contributed by atoms with E-state index < -0.39 is 0 Å². The van der Waals surface area contributed by atoms with Crippen LogP contribution in [0.4, 0.5) is 5.13 Å². The summed E-state index contributed by atoms with van der Waals surface area (Å²) in [6.07, 6.45) is 4.80. The van der Waals surface area contributed by atoms with E-state index in [4.69, 9.17) is 0 Å². The number of rotatable bonds is 4. The molecule has 0 bridgehead atoms. The van der Waals surface area contributed by atoms with Gasteiger partial charge in [-0.25, -0.2) is 9.97 Å². The molecule has 1 N–H and O–H groups in total. The summed E-state index contributed by atoms with van der Waals surface area (Å²) in [6.45, 7) is 1.77. The molecule has 3 heterocycles. The Labute approximate surface area is 158 Å². The van der Waals surface area contributed by atoms with Crippen molar-refractivity contribution < 1.29 is 4.79 Å². The minimum Gasteiger partial charge on any atom is -0.300 e. The fraction of sp³-hybridized carbons (Fsp3) is 0.105. The van der Waals surface area contributed by atoms with Gasteiger partial charge in [-0.3, -0.25) is 19.1 Å². The molecule has 1 aromatic carbocycles. The van der Waals surface area contributed by atoms with Gasteiger partial charge in [-0.2, -0.15) is 0 Å². The number of anilines is 1. The Kier molecular flexibility index (Phi) is 4.47. The number of aryl methyl sites for hydroxylation is 1. The molecule has 3 aromatic heterocycles. The smallest absolute Gasteiger partial charge is 0.261 e. The predicted molar refractivity (Wildman–Crippen MR) is 105 cm³/mol. The highest BCUT2D eigenvalue weighted by Gasteiger charge is 2.11. The second-order valence-corrected chi connectivity index (χ2v) is 6.83. The number of benzene rings is 1. The number of para-hydroxylation sites is 1. The van der Waals surface area contributed by atoms with Crippen molar-refractivity contribution in [2.24, 2.45) is 0 Å². The lowest BCUT2D eigenvalue weighted by molar-refractivity contribution is -0.116. The van der Waals surface area contributed by atoms with Gasteiger partial charge in [0, 0.05) is 23.3 Å². The monoisotopic (exact) mass is 377 g/mol. The minimum absolute atomic E-state index is 0.127. The lowest BCUT2D eigenvalue weighted by Gasteiger charge is -2.07. The summed E-state index contributed by atoms with van der Waals surface area (Å²) >= 11 is 1.32. The molecule has 0 aliphatic carbocycles. The molecule has 8 heteroatoms. The van der Waals surface area contributed by atoms with E-state index >= 15 is 0 Å². The largest absolute Gasteiger partial charge is 0.300 e. The highest BCUT2D eigenvalue weighted by Crippen LogP contribution is 2.24. The molecule has 7 nitrogen and oxygen atoms in total. The summed E-state index contributed by atoms with van der Waals surface area (Å²) in [6, 6.07) is 9.14. The van der Waals surface area contributed by atoms with Gasteiger partial charge in [0.15, 0.2) is 5.13 Å². The minimum atomic E-state index is -0.335. The summed E-state index contributed by atoms with van der Waals surface area (Å²) in [7, 11) is 0. The fourth-order valence-corrected chi connectivity index (χ4v) is 3.48.